The van der Waals surface area contributed by atoms with Crippen molar-refractivity contribution in [1.29, 1.82) is 5.26 Å². The number of carbonyl (C=O) groups excluding carboxylic acids is 1. The highest BCUT2D eigenvalue weighted by Gasteiger charge is 2.37. The molecule has 1 saturated heterocycles. The zero-order valence-corrected chi connectivity index (χ0v) is 25.0. The summed E-state index contributed by atoms with van der Waals surface area (Å²) in [5.41, 5.74) is 1.17. The summed E-state index contributed by atoms with van der Waals surface area (Å²) in [6, 6.07) is 15.8. The van der Waals surface area contributed by atoms with E-state index < -0.39 is 34.5 Å². The predicted molar refractivity (Wildman–Crippen MR) is 153 cm³/mol. The summed E-state index contributed by atoms with van der Waals surface area (Å²) in [4.78, 5) is 12.8. The van der Waals surface area contributed by atoms with E-state index >= 15 is 0 Å². The van der Waals surface area contributed by atoms with Gasteiger partial charge in [0.15, 0.2) is 0 Å². The van der Waals surface area contributed by atoms with E-state index in [1.165, 1.54) is 20.1 Å². The number of hydrogen-bond donors (Lipinski definition) is 2. The third-order valence-corrected chi connectivity index (χ3v) is 8.87. The normalized spacial score (nSPS) is 17.0. The number of methoxy groups -OCH3 is 1. The number of sulfonamides is 1. The molecule has 1 fully saturated rings. The molecule has 1 amide bonds. The molecule has 0 bridgehead atoms. The largest absolute Gasteiger partial charge is 0.496 e. The smallest absolute Gasteiger partial charge is 0.408 e. The van der Waals surface area contributed by atoms with Crippen LogP contribution in [-0.2, 0) is 32.5 Å². The molecule has 0 radical (unpaired) electrons. The Kier molecular flexibility index (Phi) is 11.5. The quantitative estimate of drug-likeness (QED) is 0.245. The van der Waals surface area contributed by atoms with Gasteiger partial charge in [0.1, 0.15) is 18.0 Å². The number of aliphatic hydroxyl groups excluding tert-OH is 1. The summed E-state index contributed by atoms with van der Waals surface area (Å²) >= 11 is 0. The SMILES string of the molecule is COc1ccc(S(=O)(=O)N(Cc2ccccc2)[C@H](NC(=O)O[C@H]2CCOC2)[C@@H](C)O)cc1CC(C)(C)CCCC#N. The first-order chi connectivity index (χ1) is 19.5. The zero-order valence-electron chi connectivity index (χ0n) is 24.2. The lowest BCUT2D eigenvalue weighted by Gasteiger charge is -2.33. The molecule has 3 rings (SSSR count). The Balaban J connectivity index is 1.98. The monoisotopic (exact) mass is 587 g/mol. The number of aliphatic hydroxyl groups is 1. The lowest BCUT2D eigenvalue weighted by atomic mass is 9.81. The van der Waals surface area contributed by atoms with Crippen LogP contribution >= 0.6 is 0 Å². The first-order valence-electron chi connectivity index (χ1n) is 13.8. The summed E-state index contributed by atoms with van der Waals surface area (Å²) in [5, 5.41) is 22.2. The van der Waals surface area contributed by atoms with Crippen LogP contribution in [0.4, 0.5) is 4.79 Å². The van der Waals surface area contributed by atoms with Gasteiger partial charge in [-0.1, -0.05) is 44.2 Å². The first-order valence-corrected chi connectivity index (χ1v) is 15.2. The number of alkyl carbamates (subject to hydrolysis) is 1. The first kappa shape index (κ1) is 32.3. The second-order valence-electron chi connectivity index (χ2n) is 11.1. The van der Waals surface area contributed by atoms with Gasteiger partial charge >= 0.3 is 6.09 Å². The lowest BCUT2D eigenvalue weighted by molar-refractivity contribution is 0.0507. The number of nitrogens with zero attached hydrogens (tertiary/aromatic N) is 2. The van der Waals surface area contributed by atoms with Crippen molar-refractivity contribution in [1.82, 2.24) is 9.62 Å². The fourth-order valence-electron chi connectivity index (χ4n) is 4.88. The van der Waals surface area contributed by atoms with Crippen molar-refractivity contribution in [3.8, 4) is 11.8 Å². The summed E-state index contributed by atoms with van der Waals surface area (Å²) < 4.78 is 45.8. The van der Waals surface area contributed by atoms with Crippen LogP contribution in [-0.4, -0.2) is 62.6 Å². The second-order valence-corrected chi connectivity index (χ2v) is 13.0. The van der Waals surface area contributed by atoms with E-state index in [2.05, 4.69) is 25.2 Å². The van der Waals surface area contributed by atoms with E-state index in [4.69, 9.17) is 19.5 Å². The molecule has 0 aromatic heterocycles. The fraction of sp³-hybridized carbons (Fsp3) is 0.533. The Morgan fingerprint density at radius 1 is 1.27 bits per heavy atom. The molecule has 0 unspecified atom stereocenters. The maximum atomic E-state index is 14.3. The van der Waals surface area contributed by atoms with Gasteiger partial charge < -0.3 is 24.6 Å². The molecule has 41 heavy (non-hydrogen) atoms. The highest BCUT2D eigenvalue weighted by Crippen LogP contribution is 2.34. The average Bonchev–Trinajstić information content (AvgIpc) is 3.43. The van der Waals surface area contributed by atoms with E-state index in [0.717, 1.165) is 17.1 Å². The molecular formula is C30H41N3O7S. The van der Waals surface area contributed by atoms with Gasteiger partial charge in [0.05, 0.1) is 37.4 Å². The van der Waals surface area contributed by atoms with Crippen LogP contribution in [0.15, 0.2) is 53.4 Å². The molecule has 0 spiro atoms. The van der Waals surface area contributed by atoms with Gasteiger partial charge in [0.25, 0.3) is 0 Å². The van der Waals surface area contributed by atoms with Crippen molar-refractivity contribution in [2.24, 2.45) is 5.41 Å². The Labute approximate surface area is 243 Å². The van der Waals surface area contributed by atoms with E-state index in [1.807, 2.05) is 6.07 Å². The number of carbonyl (C=O) groups is 1. The van der Waals surface area contributed by atoms with E-state index in [-0.39, 0.29) is 23.5 Å². The predicted octanol–water partition coefficient (Wildman–Crippen LogP) is 4.37. The minimum atomic E-state index is -4.26. The zero-order chi connectivity index (χ0) is 30.0. The van der Waals surface area contributed by atoms with Crippen LogP contribution in [0.3, 0.4) is 0 Å². The summed E-state index contributed by atoms with van der Waals surface area (Å²) in [7, 11) is -2.73. The topological polar surface area (TPSA) is 138 Å². The molecule has 3 atom stereocenters. The molecule has 1 aliphatic heterocycles. The van der Waals surface area contributed by atoms with Crippen LogP contribution in [0, 0.1) is 16.7 Å². The van der Waals surface area contributed by atoms with Gasteiger partial charge in [-0.2, -0.15) is 9.57 Å². The highest BCUT2D eigenvalue weighted by molar-refractivity contribution is 7.89. The van der Waals surface area contributed by atoms with E-state index in [0.29, 0.717) is 42.7 Å². The Morgan fingerprint density at radius 3 is 2.61 bits per heavy atom. The summed E-state index contributed by atoms with van der Waals surface area (Å²) in [6.45, 7) is 6.19. The average molecular weight is 588 g/mol. The second kappa shape index (κ2) is 14.6. The molecule has 1 heterocycles. The van der Waals surface area contributed by atoms with Gasteiger partial charge in [-0.05, 0) is 60.9 Å². The maximum Gasteiger partial charge on any atom is 0.408 e. The third-order valence-electron chi connectivity index (χ3n) is 7.05. The Hall–Kier alpha value is -3.17. The lowest BCUT2D eigenvalue weighted by Crippen LogP contribution is -2.56. The molecule has 0 aliphatic carbocycles. The maximum absolute atomic E-state index is 14.3. The number of hydrogen-bond acceptors (Lipinski definition) is 8. The number of benzene rings is 2. The number of unbranched alkanes of at least 4 members (excludes halogenated alkanes) is 1. The molecule has 2 aromatic rings. The molecule has 1 aliphatic rings. The molecule has 0 saturated carbocycles. The Morgan fingerprint density at radius 2 is 2.00 bits per heavy atom. The van der Waals surface area contributed by atoms with Crippen molar-refractivity contribution >= 4 is 16.1 Å². The van der Waals surface area contributed by atoms with Crippen molar-refractivity contribution in [2.45, 2.75) is 82.7 Å². The Bertz CT molecular complexity index is 1290. The van der Waals surface area contributed by atoms with Gasteiger partial charge in [0.2, 0.25) is 10.0 Å². The molecule has 11 heteroatoms. The number of amides is 1. The minimum absolute atomic E-state index is 0.00191. The molecule has 2 aromatic carbocycles. The van der Waals surface area contributed by atoms with Gasteiger partial charge in [-0.25, -0.2) is 13.2 Å². The van der Waals surface area contributed by atoms with E-state index in [1.54, 1.807) is 36.4 Å². The van der Waals surface area contributed by atoms with Gasteiger partial charge in [-0.3, -0.25) is 0 Å². The summed E-state index contributed by atoms with van der Waals surface area (Å²) in [6.07, 6.45) is -0.826. The molecular weight excluding hydrogens is 546 g/mol. The van der Waals surface area contributed by atoms with Crippen molar-refractivity contribution in [3.63, 3.8) is 0 Å². The van der Waals surface area contributed by atoms with Crippen LogP contribution in [0.5, 0.6) is 5.75 Å². The highest BCUT2D eigenvalue weighted by atomic mass is 32.2. The van der Waals surface area contributed by atoms with E-state index in [9.17, 15) is 18.3 Å². The molecule has 10 nitrogen and oxygen atoms in total. The summed E-state index contributed by atoms with van der Waals surface area (Å²) in [5.74, 6) is 0.555. The molecule has 2 N–H and O–H groups in total. The van der Waals surface area contributed by atoms with Crippen LogP contribution in [0.1, 0.15) is 57.6 Å². The third kappa shape index (κ3) is 9.16. The van der Waals surface area contributed by atoms with Crippen molar-refractivity contribution in [3.05, 3.63) is 59.7 Å². The van der Waals surface area contributed by atoms with Crippen molar-refractivity contribution in [2.75, 3.05) is 20.3 Å². The standard InChI is InChI=1S/C30H41N3O7S/c1-22(34)28(32-29(35)40-25-14-17-39-21-25)33(20-23-10-6-5-7-11-23)41(36,37)26-12-13-27(38-4)24(18-26)19-30(2,3)15-8-9-16-31/h5-7,10-13,18,22,25,28,34H,8-9,14-15,17,19-21H2,1-4H3,(H,32,35)/t22-,25+,28+/m1/s1. The number of nitriles is 1. The molecule has 224 valence electrons. The fourth-order valence-corrected chi connectivity index (χ4v) is 6.53. The minimum Gasteiger partial charge on any atom is -0.496 e. The number of nitrogens with one attached hydrogen (secondary N) is 1. The number of ether oxygens (including phenoxy) is 3. The van der Waals surface area contributed by atoms with Crippen molar-refractivity contribution < 1.29 is 32.5 Å². The van der Waals surface area contributed by atoms with Crippen LogP contribution in [0.25, 0.3) is 0 Å². The van der Waals surface area contributed by atoms with Gasteiger partial charge in [0, 0.05) is 19.4 Å². The van der Waals surface area contributed by atoms with Gasteiger partial charge in [-0.15, -0.1) is 0 Å². The van der Waals surface area contributed by atoms with Crippen LogP contribution < -0.4 is 10.1 Å². The van der Waals surface area contributed by atoms with Crippen LogP contribution in [0.2, 0.25) is 0 Å². The number of rotatable bonds is 14.